The fraction of sp³-hybridized carbons (Fsp3) is 0.409. The summed E-state index contributed by atoms with van der Waals surface area (Å²) in [4.78, 5) is 106. The van der Waals surface area contributed by atoms with E-state index in [-0.39, 0.29) is 69.6 Å². The third kappa shape index (κ3) is 17.1. The summed E-state index contributed by atoms with van der Waals surface area (Å²) in [5, 5.41) is 9.97. The number of nitrogens with zero attached hydrogens (tertiary/aromatic N) is 5. The quantitative estimate of drug-likeness (QED) is 0.0297. The normalized spacial score (nSPS) is 15.0. The van der Waals surface area contributed by atoms with Gasteiger partial charge in [0.1, 0.15) is 18.8 Å². The lowest BCUT2D eigenvalue weighted by Crippen LogP contribution is -2.44. The summed E-state index contributed by atoms with van der Waals surface area (Å²) < 4.78 is 46.9. The van der Waals surface area contributed by atoms with Crippen molar-refractivity contribution in [2.24, 2.45) is 9.98 Å². The highest BCUT2D eigenvalue weighted by molar-refractivity contribution is 6.16. The molecule has 5 aromatic rings. The van der Waals surface area contributed by atoms with Gasteiger partial charge in [-0.15, -0.1) is 0 Å². The number of hydrogen-bond acceptors (Lipinski definition) is 18. The number of esters is 1. The maximum atomic E-state index is 14.2. The number of methoxy groups -OCH3 is 3. The number of carbonyl (C=O) groups is 7. The molecule has 6 amide bonds. The van der Waals surface area contributed by atoms with Gasteiger partial charge in [0.05, 0.1) is 108 Å². The van der Waals surface area contributed by atoms with Gasteiger partial charge in [-0.25, -0.2) is 0 Å². The van der Waals surface area contributed by atoms with E-state index in [9.17, 15) is 33.6 Å². The molecule has 0 saturated carbocycles. The first-order chi connectivity index (χ1) is 43.5. The van der Waals surface area contributed by atoms with Gasteiger partial charge in [-0.2, -0.15) is 0 Å². The summed E-state index contributed by atoms with van der Waals surface area (Å²) in [6, 6.07) is 27.8. The number of rotatable bonds is 31. The fourth-order valence-electron chi connectivity index (χ4n) is 10.7. The van der Waals surface area contributed by atoms with Gasteiger partial charge in [0.15, 0.2) is 23.0 Å². The van der Waals surface area contributed by atoms with E-state index >= 15 is 0 Å². The lowest BCUT2D eigenvalue weighted by atomic mass is 10.1. The topological polar surface area (TPSA) is 276 Å². The molecule has 0 spiro atoms. The number of amides is 6. The van der Waals surface area contributed by atoms with Crippen LogP contribution in [0.15, 0.2) is 101 Å². The van der Waals surface area contributed by atoms with Crippen molar-refractivity contribution in [3.8, 4) is 23.0 Å². The SMILES string of the molecule is COCCOCCOCCN(CCCC(=O)NCC(=O)NCC(=O)NCC(=O)NCCC(=O)OC(C)(C)C)c1cc(COc2cc3c(cc2OC)C(=O)N2c4ccccc4C[C@H]2C=N3)cc(COc2cc3c(cc2OC)C(=O)N2c4ccccc4C[C@H]2C=N3)c1. The van der Waals surface area contributed by atoms with E-state index in [1.165, 1.54) is 14.2 Å². The van der Waals surface area contributed by atoms with Crippen LogP contribution in [0, 0.1) is 0 Å². The van der Waals surface area contributed by atoms with E-state index in [0.29, 0.717) is 104 Å². The molecule has 0 saturated heterocycles. The molecular formula is C66H77N9O15. The van der Waals surface area contributed by atoms with E-state index < -0.39 is 48.3 Å². The largest absolute Gasteiger partial charge is 0.493 e. The zero-order valence-corrected chi connectivity index (χ0v) is 51.6. The van der Waals surface area contributed by atoms with Crippen molar-refractivity contribution in [3.63, 3.8) is 0 Å². The first kappa shape index (κ1) is 65.1. The molecule has 0 unspecified atom stereocenters. The minimum atomic E-state index is -0.658. The van der Waals surface area contributed by atoms with Gasteiger partial charge in [0, 0.05) is 87.6 Å². The van der Waals surface area contributed by atoms with Gasteiger partial charge in [-0.05, 0) is 91.9 Å². The second-order valence-corrected chi connectivity index (χ2v) is 22.7. The van der Waals surface area contributed by atoms with Crippen molar-refractivity contribution in [2.75, 3.05) is 108 Å². The Kier molecular flexibility index (Phi) is 22.2. The Labute approximate surface area is 522 Å². The van der Waals surface area contributed by atoms with Crippen molar-refractivity contribution in [1.82, 2.24) is 21.3 Å². The predicted molar refractivity (Wildman–Crippen MR) is 336 cm³/mol. The molecule has 24 heteroatoms. The van der Waals surface area contributed by atoms with Crippen molar-refractivity contribution in [2.45, 2.75) is 83.8 Å². The van der Waals surface area contributed by atoms with Crippen molar-refractivity contribution in [3.05, 3.63) is 124 Å². The number of carbonyl (C=O) groups excluding carboxylic acids is 7. The van der Waals surface area contributed by atoms with Gasteiger partial charge in [-0.1, -0.05) is 36.4 Å². The molecule has 4 N–H and O–H groups in total. The van der Waals surface area contributed by atoms with Gasteiger partial charge in [0.2, 0.25) is 23.6 Å². The van der Waals surface area contributed by atoms with E-state index in [0.717, 1.165) is 39.3 Å². The molecule has 4 heterocycles. The molecule has 4 aliphatic rings. The Bertz CT molecular complexity index is 3350. The molecule has 2 atom stereocenters. The molecule has 0 aliphatic carbocycles. The number of anilines is 3. The van der Waals surface area contributed by atoms with Crippen LogP contribution in [0.5, 0.6) is 23.0 Å². The first-order valence-corrected chi connectivity index (χ1v) is 29.9. The number of ether oxygens (including phenoxy) is 8. The molecule has 4 aliphatic heterocycles. The number of hydrogen-bond donors (Lipinski definition) is 4. The number of para-hydroxylation sites is 2. The summed E-state index contributed by atoms with van der Waals surface area (Å²) in [7, 11) is 4.62. The second kappa shape index (κ2) is 30.7. The number of fused-ring (bicyclic) bond motifs is 8. The van der Waals surface area contributed by atoms with Crippen molar-refractivity contribution in [1.29, 1.82) is 0 Å². The van der Waals surface area contributed by atoms with Gasteiger partial charge < -0.3 is 64.1 Å². The number of aliphatic imine (C=N–C) groups is 2. The van der Waals surface area contributed by atoms with Crippen molar-refractivity contribution < 1.29 is 71.5 Å². The molecule has 9 rings (SSSR count). The van der Waals surface area contributed by atoms with Crippen LogP contribution in [0.25, 0.3) is 0 Å². The summed E-state index contributed by atoms with van der Waals surface area (Å²) in [6.45, 7) is 6.62. The molecule has 0 fully saturated rings. The minimum absolute atomic E-state index is 0.0241. The number of nitrogens with one attached hydrogen (secondary N) is 4. The van der Waals surface area contributed by atoms with E-state index in [2.05, 4.69) is 26.2 Å². The monoisotopic (exact) mass is 1240 g/mol. The Hall–Kier alpha value is -9.39. The van der Waals surface area contributed by atoms with Gasteiger partial charge in [0.25, 0.3) is 11.8 Å². The molecule has 476 valence electrons. The van der Waals surface area contributed by atoms with Gasteiger partial charge >= 0.3 is 5.97 Å². The Balaban J connectivity index is 0.898. The third-order valence-electron chi connectivity index (χ3n) is 15.0. The summed E-state index contributed by atoms with van der Waals surface area (Å²) in [6.07, 6.45) is 5.20. The average Bonchev–Trinajstić information content (AvgIpc) is 1.61. The predicted octanol–water partition coefficient (Wildman–Crippen LogP) is 5.90. The average molecular weight is 1240 g/mol. The highest BCUT2D eigenvalue weighted by atomic mass is 16.6. The van der Waals surface area contributed by atoms with E-state index in [1.54, 1.807) is 74.4 Å². The third-order valence-corrected chi connectivity index (χ3v) is 15.0. The number of benzene rings is 5. The lowest BCUT2D eigenvalue weighted by molar-refractivity contribution is -0.154. The minimum Gasteiger partial charge on any atom is -0.493 e. The Morgan fingerprint density at radius 1 is 0.567 bits per heavy atom. The molecule has 5 aromatic carbocycles. The fourth-order valence-corrected chi connectivity index (χ4v) is 10.7. The Morgan fingerprint density at radius 2 is 1.06 bits per heavy atom. The van der Waals surface area contributed by atoms with Crippen LogP contribution in [-0.4, -0.2) is 165 Å². The molecule has 0 aromatic heterocycles. The van der Waals surface area contributed by atoms with Crippen LogP contribution in [0.2, 0.25) is 0 Å². The van der Waals surface area contributed by atoms with Crippen LogP contribution in [0.1, 0.15) is 83.0 Å². The second-order valence-electron chi connectivity index (χ2n) is 22.7. The zero-order valence-electron chi connectivity index (χ0n) is 51.6. The van der Waals surface area contributed by atoms with Crippen LogP contribution < -0.4 is 54.9 Å². The molecule has 90 heavy (non-hydrogen) atoms. The summed E-state index contributed by atoms with van der Waals surface area (Å²) >= 11 is 0. The maximum Gasteiger partial charge on any atom is 0.308 e. The molecular weight excluding hydrogens is 1160 g/mol. The smallest absolute Gasteiger partial charge is 0.308 e. The molecule has 0 bridgehead atoms. The first-order valence-electron chi connectivity index (χ1n) is 29.9. The van der Waals surface area contributed by atoms with Gasteiger partial charge in [-0.3, -0.25) is 53.3 Å². The zero-order chi connectivity index (χ0) is 63.7. The van der Waals surface area contributed by atoms with Crippen LogP contribution in [0.3, 0.4) is 0 Å². The summed E-state index contributed by atoms with van der Waals surface area (Å²) in [5.74, 6) is -1.67. The maximum absolute atomic E-state index is 14.2. The van der Waals surface area contributed by atoms with Crippen LogP contribution >= 0.6 is 0 Å². The molecule has 24 nitrogen and oxygen atoms in total. The lowest BCUT2D eigenvalue weighted by Gasteiger charge is -2.26. The highest BCUT2D eigenvalue weighted by Crippen LogP contribution is 2.43. The van der Waals surface area contributed by atoms with Crippen molar-refractivity contribution >= 4 is 82.3 Å². The standard InChI is InChI=1S/C66H77N9O15/c1-66(2,3)90-63(80)17-18-67-60(77)37-71-62(79)39-72-61(78)38-70-59(76)16-11-19-73(20-21-86-24-25-87-23-22-83-4)46-27-42(40-88-57-33-51-49(31-55(57)84-5)64(81)74-47(35-68-51)29-44-12-7-9-14-53(44)74)26-43(28-46)41-89-58-34-52-50(32-56(58)85-6)65(82)75-48(36-69-52)30-45-13-8-10-15-54(45)75/h7-10,12-15,26-28,31-36,47-48H,11,16-25,29-30,37-41H2,1-6H3,(H,67,77)(H,70,76)(H,71,79)(H,72,78)/t47-,48-/m0/s1. The van der Waals surface area contributed by atoms with E-state index in [1.807, 2.05) is 66.7 Å². The highest BCUT2D eigenvalue weighted by Gasteiger charge is 2.38. The Morgan fingerprint density at radius 3 is 1.57 bits per heavy atom. The summed E-state index contributed by atoms with van der Waals surface area (Å²) in [5.41, 5.74) is 6.96. The van der Waals surface area contributed by atoms with Crippen LogP contribution in [0.4, 0.5) is 28.4 Å². The van der Waals surface area contributed by atoms with E-state index in [4.69, 9.17) is 47.9 Å². The van der Waals surface area contributed by atoms with Crippen LogP contribution in [-0.2, 0) is 69.0 Å². The molecule has 0 radical (unpaired) electrons.